The van der Waals surface area contributed by atoms with Gasteiger partial charge in [-0.3, -0.25) is 4.98 Å². The molecule has 1 aliphatic heterocycles. The van der Waals surface area contributed by atoms with Gasteiger partial charge in [-0.2, -0.15) is 0 Å². The van der Waals surface area contributed by atoms with Crippen LogP contribution < -0.4 is 10.2 Å². The number of anilines is 1. The molecule has 1 aromatic heterocycles. The number of aliphatic hydroxyl groups excluding tert-OH is 1. The van der Waals surface area contributed by atoms with E-state index in [0.29, 0.717) is 12.0 Å². The highest BCUT2D eigenvalue weighted by Gasteiger charge is 2.22. The lowest BCUT2D eigenvalue weighted by Gasteiger charge is -2.34. The summed E-state index contributed by atoms with van der Waals surface area (Å²) in [5, 5.41) is 13.1. The zero-order valence-electron chi connectivity index (χ0n) is 13.5. The van der Waals surface area contributed by atoms with Crippen LogP contribution in [0.15, 0.2) is 18.3 Å². The monoisotopic (exact) mass is 291 g/mol. The maximum atomic E-state index is 9.66. The molecule has 118 valence electrons. The minimum Gasteiger partial charge on any atom is -0.393 e. The van der Waals surface area contributed by atoms with E-state index in [2.05, 4.69) is 41.2 Å². The van der Waals surface area contributed by atoms with Crippen LogP contribution in [0.2, 0.25) is 0 Å². The summed E-state index contributed by atoms with van der Waals surface area (Å²) in [7, 11) is 0. The van der Waals surface area contributed by atoms with Crippen LogP contribution in [0.5, 0.6) is 0 Å². The van der Waals surface area contributed by atoms with E-state index in [1.54, 1.807) is 0 Å². The summed E-state index contributed by atoms with van der Waals surface area (Å²) in [6.45, 7) is 9.29. The second-order valence-electron chi connectivity index (χ2n) is 6.18. The van der Waals surface area contributed by atoms with E-state index in [1.165, 1.54) is 5.69 Å². The van der Waals surface area contributed by atoms with Gasteiger partial charge in [-0.15, -0.1) is 0 Å². The fourth-order valence-electron chi connectivity index (χ4n) is 2.95. The molecule has 1 aliphatic rings. The molecule has 0 aromatic carbocycles. The first-order valence-electron chi connectivity index (χ1n) is 8.24. The molecule has 2 atom stereocenters. The molecule has 2 unspecified atom stereocenters. The van der Waals surface area contributed by atoms with E-state index in [-0.39, 0.29) is 6.10 Å². The lowest BCUT2D eigenvalue weighted by atomic mass is 9.92. The molecule has 1 fully saturated rings. The highest BCUT2D eigenvalue weighted by Crippen LogP contribution is 2.25. The third-order valence-corrected chi connectivity index (χ3v) is 4.50. The maximum Gasteiger partial charge on any atom is 0.0572 e. The standard InChI is InChI=1S/C17H29N3O/c1-4-9-18-13(2)17-6-5-16(12-19-17)20-10-7-15(8-11-20)14(3)21/h5-6,12-15,18,21H,4,7-11H2,1-3H3. The van der Waals surface area contributed by atoms with Crippen molar-refractivity contribution >= 4 is 5.69 Å². The van der Waals surface area contributed by atoms with E-state index in [4.69, 9.17) is 0 Å². The Morgan fingerprint density at radius 1 is 1.33 bits per heavy atom. The summed E-state index contributed by atoms with van der Waals surface area (Å²) >= 11 is 0. The molecule has 1 aromatic rings. The first-order chi connectivity index (χ1) is 10.1. The summed E-state index contributed by atoms with van der Waals surface area (Å²) in [5.74, 6) is 0.451. The molecule has 0 radical (unpaired) electrons. The van der Waals surface area contributed by atoms with Gasteiger partial charge in [0.25, 0.3) is 0 Å². The molecule has 2 heterocycles. The number of piperidine rings is 1. The largest absolute Gasteiger partial charge is 0.393 e. The van der Waals surface area contributed by atoms with Gasteiger partial charge in [0.05, 0.1) is 23.7 Å². The number of hydrogen-bond donors (Lipinski definition) is 2. The summed E-state index contributed by atoms with van der Waals surface area (Å²) in [6.07, 6.45) is 5.07. The van der Waals surface area contributed by atoms with Crippen molar-refractivity contribution < 1.29 is 5.11 Å². The number of hydrogen-bond acceptors (Lipinski definition) is 4. The fourth-order valence-corrected chi connectivity index (χ4v) is 2.95. The van der Waals surface area contributed by atoms with Crippen LogP contribution in [0, 0.1) is 5.92 Å². The number of pyridine rings is 1. The van der Waals surface area contributed by atoms with Gasteiger partial charge >= 0.3 is 0 Å². The van der Waals surface area contributed by atoms with Crippen molar-refractivity contribution in [3.63, 3.8) is 0 Å². The van der Waals surface area contributed by atoms with Crippen molar-refractivity contribution in [3.05, 3.63) is 24.0 Å². The van der Waals surface area contributed by atoms with Gasteiger partial charge in [0.2, 0.25) is 0 Å². The van der Waals surface area contributed by atoms with Crippen molar-refractivity contribution in [2.24, 2.45) is 5.92 Å². The second-order valence-corrected chi connectivity index (χ2v) is 6.18. The Hall–Kier alpha value is -1.13. The molecule has 0 spiro atoms. The molecule has 2 rings (SSSR count). The average Bonchev–Trinajstić information content (AvgIpc) is 2.53. The zero-order valence-corrected chi connectivity index (χ0v) is 13.5. The van der Waals surface area contributed by atoms with Crippen molar-refractivity contribution in [3.8, 4) is 0 Å². The van der Waals surface area contributed by atoms with E-state index < -0.39 is 0 Å². The predicted octanol–water partition coefficient (Wildman–Crippen LogP) is 2.74. The number of aliphatic hydroxyl groups is 1. The Kier molecular flexibility index (Phi) is 6.00. The van der Waals surface area contributed by atoms with Crippen LogP contribution in [0.1, 0.15) is 51.8 Å². The number of nitrogens with zero attached hydrogens (tertiary/aromatic N) is 2. The number of aromatic nitrogens is 1. The van der Waals surface area contributed by atoms with Gasteiger partial charge in [-0.05, 0) is 57.7 Å². The molecule has 0 aliphatic carbocycles. The summed E-state index contributed by atoms with van der Waals surface area (Å²) in [4.78, 5) is 6.98. The van der Waals surface area contributed by atoms with Gasteiger partial charge in [0, 0.05) is 19.1 Å². The molecular weight excluding hydrogens is 262 g/mol. The number of rotatable bonds is 6. The maximum absolute atomic E-state index is 9.66. The van der Waals surface area contributed by atoms with Crippen LogP contribution in [-0.2, 0) is 0 Å². The Balaban J connectivity index is 1.91. The van der Waals surface area contributed by atoms with Gasteiger partial charge in [-0.1, -0.05) is 6.92 Å². The van der Waals surface area contributed by atoms with Crippen LogP contribution in [-0.4, -0.2) is 35.8 Å². The van der Waals surface area contributed by atoms with Gasteiger partial charge in [0.15, 0.2) is 0 Å². The molecule has 1 saturated heterocycles. The van der Waals surface area contributed by atoms with Gasteiger partial charge < -0.3 is 15.3 Å². The number of nitrogens with one attached hydrogen (secondary N) is 1. The van der Waals surface area contributed by atoms with Crippen molar-refractivity contribution in [1.82, 2.24) is 10.3 Å². The first-order valence-corrected chi connectivity index (χ1v) is 8.24. The molecular formula is C17H29N3O. The summed E-state index contributed by atoms with van der Waals surface area (Å²) in [6, 6.07) is 4.61. The van der Waals surface area contributed by atoms with Crippen molar-refractivity contribution in [2.75, 3.05) is 24.5 Å². The van der Waals surface area contributed by atoms with Crippen molar-refractivity contribution in [2.45, 2.75) is 52.2 Å². The quantitative estimate of drug-likeness (QED) is 0.846. The van der Waals surface area contributed by atoms with Crippen LogP contribution in [0.3, 0.4) is 0 Å². The van der Waals surface area contributed by atoms with E-state index in [9.17, 15) is 5.11 Å². The Labute approximate surface area is 128 Å². The second kappa shape index (κ2) is 7.76. The van der Waals surface area contributed by atoms with E-state index >= 15 is 0 Å². The van der Waals surface area contributed by atoms with Crippen LogP contribution in [0.4, 0.5) is 5.69 Å². The molecule has 0 amide bonds. The molecule has 21 heavy (non-hydrogen) atoms. The Morgan fingerprint density at radius 3 is 2.57 bits per heavy atom. The Bertz CT molecular complexity index is 411. The lowest BCUT2D eigenvalue weighted by molar-refractivity contribution is 0.110. The first kappa shape index (κ1) is 16.2. The normalized spacial score (nSPS) is 19.5. The molecule has 0 bridgehead atoms. The predicted molar refractivity (Wildman–Crippen MR) is 87.6 cm³/mol. The SMILES string of the molecule is CCCNC(C)c1ccc(N2CCC(C(C)O)CC2)cn1. The molecule has 4 nitrogen and oxygen atoms in total. The minimum atomic E-state index is -0.182. The topological polar surface area (TPSA) is 48.4 Å². The lowest BCUT2D eigenvalue weighted by Crippen LogP contribution is -2.37. The highest BCUT2D eigenvalue weighted by molar-refractivity contribution is 5.45. The highest BCUT2D eigenvalue weighted by atomic mass is 16.3. The smallest absolute Gasteiger partial charge is 0.0572 e. The minimum absolute atomic E-state index is 0.182. The van der Waals surface area contributed by atoms with Gasteiger partial charge in [0.1, 0.15) is 0 Å². The van der Waals surface area contributed by atoms with E-state index in [0.717, 1.165) is 44.6 Å². The molecule has 4 heteroatoms. The third-order valence-electron chi connectivity index (χ3n) is 4.50. The summed E-state index contributed by atoms with van der Waals surface area (Å²) in [5.41, 5.74) is 2.30. The van der Waals surface area contributed by atoms with Crippen molar-refractivity contribution in [1.29, 1.82) is 0 Å². The third kappa shape index (κ3) is 4.42. The summed E-state index contributed by atoms with van der Waals surface area (Å²) < 4.78 is 0. The molecule has 0 saturated carbocycles. The zero-order chi connectivity index (χ0) is 15.2. The van der Waals surface area contributed by atoms with E-state index in [1.807, 2.05) is 13.1 Å². The average molecular weight is 291 g/mol. The Morgan fingerprint density at radius 2 is 2.05 bits per heavy atom. The fraction of sp³-hybridized carbons (Fsp3) is 0.706. The van der Waals surface area contributed by atoms with Crippen LogP contribution in [0.25, 0.3) is 0 Å². The van der Waals surface area contributed by atoms with Crippen LogP contribution >= 0.6 is 0 Å². The van der Waals surface area contributed by atoms with Gasteiger partial charge in [-0.25, -0.2) is 0 Å². The molecule has 2 N–H and O–H groups in total.